The highest BCUT2D eigenvalue weighted by Gasteiger charge is 2.33. The van der Waals surface area contributed by atoms with Gasteiger partial charge in [0.05, 0.1) is 6.54 Å². The molecule has 0 saturated carbocycles. The fourth-order valence-corrected chi connectivity index (χ4v) is 2.72. The van der Waals surface area contributed by atoms with Crippen LogP contribution in [-0.2, 0) is 9.59 Å². The molecule has 2 N–H and O–H groups in total. The summed E-state index contributed by atoms with van der Waals surface area (Å²) >= 11 is 0. The number of aliphatic carboxylic acids is 1. The lowest BCUT2D eigenvalue weighted by Gasteiger charge is -2.21. The Labute approximate surface area is 132 Å². The second-order valence-electron chi connectivity index (χ2n) is 5.33. The SMILES string of the molecule is O=C(NCC(=O)N1CCCC1C(=O)O)c1ccc2c(c1)OCO2. The van der Waals surface area contributed by atoms with Crippen molar-refractivity contribution in [3.63, 3.8) is 0 Å². The third-order valence-electron chi connectivity index (χ3n) is 3.89. The number of hydrogen-bond donors (Lipinski definition) is 2. The molecule has 0 spiro atoms. The Morgan fingerprint density at radius 3 is 2.83 bits per heavy atom. The quantitative estimate of drug-likeness (QED) is 0.822. The van der Waals surface area contributed by atoms with Crippen LogP contribution in [0.1, 0.15) is 23.2 Å². The largest absolute Gasteiger partial charge is 0.480 e. The number of ether oxygens (including phenoxy) is 2. The van der Waals surface area contributed by atoms with Gasteiger partial charge in [-0.15, -0.1) is 0 Å². The van der Waals surface area contributed by atoms with Crippen molar-refractivity contribution in [1.82, 2.24) is 10.2 Å². The third-order valence-corrected chi connectivity index (χ3v) is 3.89. The van der Waals surface area contributed by atoms with E-state index in [0.29, 0.717) is 36.4 Å². The number of hydrogen-bond acceptors (Lipinski definition) is 5. The lowest BCUT2D eigenvalue weighted by atomic mass is 10.2. The van der Waals surface area contributed by atoms with Crippen molar-refractivity contribution in [3.05, 3.63) is 23.8 Å². The standard InChI is InChI=1S/C15H16N2O6/c18-13(17-5-1-2-10(17)15(20)21)7-16-14(19)9-3-4-11-12(6-9)23-8-22-11/h3-4,6,10H,1-2,5,7-8H2,(H,16,19)(H,20,21). The highest BCUT2D eigenvalue weighted by molar-refractivity contribution is 5.97. The first-order valence-electron chi connectivity index (χ1n) is 7.26. The second-order valence-corrected chi connectivity index (χ2v) is 5.33. The highest BCUT2D eigenvalue weighted by Crippen LogP contribution is 2.32. The zero-order valence-corrected chi connectivity index (χ0v) is 12.3. The zero-order valence-electron chi connectivity index (χ0n) is 12.3. The predicted molar refractivity (Wildman–Crippen MR) is 77.3 cm³/mol. The zero-order chi connectivity index (χ0) is 16.4. The van der Waals surface area contributed by atoms with E-state index in [1.165, 1.54) is 11.0 Å². The monoisotopic (exact) mass is 320 g/mol. The molecule has 8 heteroatoms. The van der Waals surface area contributed by atoms with Crippen molar-refractivity contribution >= 4 is 17.8 Å². The Balaban J connectivity index is 1.58. The number of rotatable bonds is 4. The van der Waals surface area contributed by atoms with Crippen LogP contribution in [0, 0.1) is 0 Å². The van der Waals surface area contributed by atoms with Gasteiger partial charge >= 0.3 is 5.97 Å². The number of carboxylic acid groups (broad SMARTS) is 1. The number of carbonyl (C=O) groups is 3. The summed E-state index contributed by atoms with van der Waals surface area (Å²) in [6.45, 7) is 0.275. The number of nitrogens with zero attached hydrogens (tertiary/aromatic N) is 1. The molecule has 2 heterocycles. The van der Waals surface area contributed by atoms with Crippen molar-refractivity contribution in [2.75, 3.05) is 19.9 Å². The fraction of sp³-hybridized carbons (Fsp3) is 0.400. The molecule has 23 heavy (non-hydrogen) atoms. The van der Waals surface area contributed by atoms with Crippen LogP contribution in [0.5, 0.6) is 11.5 Å². The van der Waals surface area contributed by atoms with Gasteiger partial charge in [-0.1, -0.05) is 0 Å². The van der Waals surface area contributed by atoms with Crippen molar-refractivity contribution in [2.24, 2.45) is 0 Å². The van der Waals surface area contributed by atoms with Gasteiger partial charge in [0.1, 0.15) is 6.04 Å². The summed E-state index contributed by atoms with van der Waals surface area (Å²) < 4.78 is 10.4. The lowest BCUT2D eigenvalue weighted by Crippen LogP contribution is -2.45. The van der Waals surface area contributed by atoms with E-state index in [0.717, 1.165) is 0 Å². The maximum Gasteiger partial charge on any atom is 0.326 e. The predicted octanol–water partition coefficient (Wildman–Crippen LogP) is 0.221. The van der Waals surface area contributed by atoms with E-state index in [1.807, 2.05) is 0 Å². The molecule has 2 aliphatic heterocycles. The molecule has 0 aromatic heterocycles. The van der Waals surface area contributed by atoms with Crippen LogP contribution in [0.2, 0.25) is 0 Å². The number of carbonyl (C=O) groups excluding carboxylic acids is 2. The van der Waals surface area contributed by atoms with Gasteiger partial charge in [-0.05, 0) is 31.0 Å². The molecule has 0 radical (unpaired) electrons. The maximum absolute atomic E-state index is 12.1. The molecule has 0 aliphatic carbocycles. The smallest absolute Gasteiger partial charge is 0.326 e. The topological polar surface area (TPSA) is 105 Å². The molecule has 2 amide bonds. The summed E-state index contributed by atoms with van der Waals surface area (Å²) in [7, 11) is 0. The molecular weight excluding hydrogens is 304 g/mol. The number of amides is 2. The van der Waals surface area contributed by atoms with Crippen LogP contribution in [0.25, 0.3) is 0 Å². The third kappa shape index (κ3) is 3.05. The molecule has 2 aliphatic rings. The molecule has 1 unspecified atom stereocenters. The molecule has 0 bridgehead atoms. The Morgan fingerprint density at radius 2 is 2.04 bits per heavy atom. The van der Waals surface area contributed by atoms with E-state index in [2.05, 4.69) is 5.32 Å². The Morgan fingerprint density at radius 1 is 1.26 bits per heavy atom. The van der Waals surface area contributed by atoms with Crippen molar-refractivity contribution < 1.29 is 29.0 Å². The fourth-order valence-electron chi connectivity index (χ4n) is 2.72. The normalized spacial score (nSPS) is 18.8. The van der Waals surface area contributed by atoms with Crippen LogP contribution in [-0.4, -0.2) is 53.7 Å². The van der Waals surface area contributed by atoms with Crippen LogP contribution in [0.4, 0.5) is 0 Å². The minimum atomic E-state index is -1.02. The average molecular weight is 320 g/mol. The van der Waals surface area contributed by atoms with E-state index in [1.54, 1.807) is 12.1 Å². The van der Waals surface area contributed by atoms with Gasteiger partial charge < -0.3 is 24.8 Å². The van der Waals surface area contributed by atoms with Crippen molar-refractivity contribution in [2.45, 2.75) is 18.9 Å². The summed E-state index contributed by atoms with van der Waals surface area (Å²) in [5.41, 5.74) is 0.346. The van der Waals surface area contributed by atoms with E-state index in [4.69, 9.17) is 14.6 Å². The van der Waals surface area contributed by atoms with Gasteiger partial charge in [0.2, 0.25) is 12.7 Å². The van der Waals surface area contributed by atoms with E-state index >= 15 is 0 Å². The average Bonchev–Trinajstić information content (AvgIpc) is 3.19. The second kappa shape index (κ2) is 6.15. The van der Waals surface area contributed by atoms with Gasteiger partial charge in [0, 0.05) is 12.1 Å². The van der Waals surface area contributed by atoms with Crippen LogP contribution in [0.15, 0.2) is 18.2 Å². The molecule has 1 aromatic carbocycles. The minimum Gasteiger partial charge on any atom is -0.480 e. The first-order chi connectivity index (χ1) is 11.1. The van der Waals surface area contributed by atoms with Gasteiger partial charge in [0.15, 0.2) is 11.5 Å². The van der Waals surface area contributed by atoms with Crippen LogP contribution >= 0.6 is 0 Å². The molecule has 1 fully saturated rings. The number of fused-ring (bicyclic) bond motifs is 1. The minimum absolute atomic E-state index is 0.116. The Hall–Kier alpha value is -2.77. The van der Waals surface area contributed by atoms with E-state index < -0.39 is 23.8 Å². The lowest BCUT2D eigenvalue weighted by molar-refractivity contribution is -0.147. The summed E-state index contributed by atoms with van der Waals surface area (Å²) in [5, 5.41) is 11.6. The Bertz CT molecular complexity index is 659. The van der Waals surface area contributed by atoms with E-state index in [-0.39, 0.29) is 13.3 Å². The van der Waals surface area contributed by atoms with Gasteiger partial charge in [-0.25, -0.2) is 4.79 Å². The van der Waals surface area contributed by atoms with Crippen LogP contribution in [0.3, 0.4) is 0 Å². The molecule has 1 aromatic rings. The molecule has 122 valence electrons. The molecule has 1 saturated heterocycles. The summed E-state index contributed by atoms with van der Waals surface area (Å²) in [5.74, 6) is -0.793. The van der Waals surface area contributed by atoms with Crippen molar-refractivity contribution in [3.8, 4) is 11.5 Å². The van der Waals surface area contributed by atoms with Crippen molar-refractivity contribution in [1.29, 1.82) is 0 Å². The molecule has 3 rings (SSSR count). The Kier molecular flexibility index (Phi) is 4.05. The number of carboxylic acids is 1. The van der Waals surface area contributed by atoms with Gasteiger partial charge in [-0.2, -0.15) is 0 Å². The maximum atomic E-state index is 12.1. The summed E-state index contributed by atoms with van der Waals surface area (Å²) in [6, 6.07) is 3.94. The molecular formula is C15H16N2O6. The highest BCUT2D eigenvalue weighted by atomic mass is 16.7. The molecule has 8 nitrogen and oxygen atoms in total. The first kappa shape index (κ1) is 15.1. The number of likely N-dealkylation sites (tertiary alicyclic amines) is 1. The first-order valence-corrected chi connectivity index (χ1v) is 7.26. The van der Waals surface area contributed by atoms with Gasteiger partial charge in [0.25, 0.3) is 5.91 Å². The molecule has 1 atom stereocenters. The number of nitrogens with one attached hydrogen (secondary N) is 1. The van der Waals surface area contributed by atoms with Gasteiger partial charge in [-0.3, -0.25) is 9.59 Å². The summed E-state index contributed by atoms with van der Waals surface area (Å²) in [6.07, 6.45) is 1.09. The van der Waals surface area contributed by atoms with Crippen LogP contribution < -0.4 is 14.8 Å². The van der Waals surface area contributed by atoms with E-state index in [9.17, 15) is 14.4 Å². The summed E-state index contributed by atoms with van der Waals surface area (Å²) in [4.78, 5) is 36.5. The number of benzene rings is 1.